The predicted octanol–water partition coefficient (Wildman–Crippen LogP) is 3.08. The van der Waals surface area contributed by atoms with E-state index >= 15 is 0 Å². The number of aliphatic hydroxyl groups is 1. The van der Waals surface area contributed by atoms with Gasteiger partial charge in [-0.1, -0.05) is 44.5 Å². The minimum atomic E-state index is -0.289. The summed E-state index contributed by atoms with van der Waals surface area (Å²) in [6, 6.07) is 8.17. The summed E-state index contributed by atoms with van der Waals surface area (Å²) in [6.45, 7) is 4.17. The van der Waals surface area contributed by atoms with Gasteiger partial charge in [-0.25, -0.2) is 0 Å². The van der Waals surface area contributed by atoms with E-state index in [1.165, 1.54) is 5.56 Å². The summed E-state index contributed by atoms with van der Waals surface area (Å²) in [6.07, 6.45) is 2.70. The lowest BCUT2D eigenvalue weighted by Crippen LogP contribution is -2.00. The Labute approximate surface area is 80.4 Å². The minimum absolute atomic E-state index is 0.289. The van der Waals surface area contributed by atoms with Gasteiger partial charge in [0, 0.05) is 0 Å². The van der Waals surface area contributed by atoms with Crippen molar-refractivity contribution in [2.45, 2.75) is 39.2 Å². The third kappa shape index (κ3) is 2.56. The van der Waals surface area contributed by atoms with E-state index in [4.69, 9.17) is 0 Å². The normalized spacial score (nSPS) is 12.8. The van der Waals surface area contributed by atoms with Gasteiger partial charge >= 0.3 is 0 Å². The number of rotatable bonds is 4. The number of aryl methyl sites for hydroxylation is 1. The van der Waals surface area contributed by atoms with E-state index in [1.54, 1.807) is 0 Å². The second-order valence-corrected chi connectivity index (χ2v) is 3.37. The smallest absolute Gasteiger partial charge is 0.0790 e. The van der Waals surface area contributed by atoms with Crippen LogP contribution in [0.2, 0.25) is 0 Å². The van der Waals surface area contributed by atoms with E-state index in [2.05, 4.69) is 13.0 Å². The van der Waals surface area contributed by atoms with Gasteiger partial charge in [0.1, 0.15) is 0 Å². The van der Waals surface area contributed by atoms with Crippen LogP contribution < -0.4 is 0 Å². The SMILES string of the molecule is CCCc1ccccc1C(O)CC. The molecule has 1 N–H and O–H groups in total. The van der Waals surface area contributed by atoms with Crippen LogP contribution in [0.15, 0.2) is 24.3 Å². The van der Waals surface area contributed by atoms with Crippen LogP contribution in [0.25, 0.3) is 0 Å². The largest absolute Gasteiger partial charge is 0.388 e. The molecule has 0 bridgehead atoms. The maximum Gasteiger partial charge on any atom is 0.0790 e. The Morgan fingerprint density at radius 2 is 1.92 bits per heavy atom. The Morgan fingerprint density at radius 1 is 1.23 bits per heavy atom. The molecular formula is C12H18O. The van der Waals surface area contributed by atoms with Crippen molar-refractivity contribution in [3.8, 4) is 0 Å². The zero-order chi connectivity index (χ0) is 9.68. The molecule has 0 saturated heterocycles. The molecule has 72 valence electrons. The number of aliphatic hydroxyl groups excluding tert-OH is 1. The molecule has 1 aromatic rings. The number of benzene rings is 1. The van der Waals surface area contributed by atoms with E-state index in [0.29, 0.717) is 0 Å². The lowest BCUT2D eigenvalue weighted by Gasteiger charge is -2.13. The van der Waals surface area contributed by atoms with Gasteiger partial charge in [-0.15, -0.1) is 0 Å². The Balaban J connectivity index is 2.90. The molecule has 0 aromatic heterocycles. The zero-order valence-corrected chi connectivity index (χ0v) is 8.46. The Kier molecular flexibility index (Phi) is 3.97. The maximum atomic E-state index is 9.74. The Hall–Kier alpha value is -0.820. The molecule has 0 aliphatic carbocycles. The highest BCUT2D eigenvalue weighted by Gasteiger charge is 2.08. The summed E-state index contributed by atoms with van der Waals surface area (Å²) in [5, 5.41) is 9.74. The average Bonchev–Trinajstić information content (AvgIpc) is 2.18. The molecule has 1 nitrogen and oxygen atoms in total. The van der Waals surface area contributed by atoms with Gasteiger partial charge in [0.2, 0.25) is 0 Å². The molecule has 0 saturated carbocycles. The fourth-order valence-electron chi connectivity index (χ4n) is 1.58. The van der Waals surface area contributed by atoms with Gasteiger partial charge in [0.05, 0.1) is 6.10 Å². The number of hydrogen-bond donors (Lipinski definition) is 1. The highest BCUT2D eigenvalue weighted by Crippen LogP contribution is 2.21. The summed E-state index contributed by atoms with van der Waals surface area (Å²) in [5.41, 5.74) is 2.39. The van der Waals surface area contributed by atoms with Gasteiger partial charge < -0.3 is 5.11 Å². The van der Waals surface area contributed by atoms with Crippen molar-refractivity contribution in [2.24, 2.45) is 0 Å². The highest BCUT2D eigenvalue weighted by atomic mass is 16.3. The maximum absolute atomic E-state index is 9.74. The van der Waals surface area contributed by atoms with Gasteiger partial charge in [0.25, 0.3) is 0 Å². The lowest BCUT2D eigenvalue weighted by atomic mass is 9.98. The van der Waals surface area contributed by atoms with Crippen LogP contribution in [0.4, 0.5) is 0 Å². The van der Waals surface area contributed by atoms with Crippen LogP contribution in [0.1, 0.15) is 43.9 Å². The first-order valence-corrected chi connectivity index (χ1v) is 5.05. The van der Waals surface area contributed by atoms with E-state index in [-0.39, 0.29) is 6.10 Å². The summed E-state index contributed by atoms with van der Waals surface area (Å²) >= 11 is 0. The molecule has 0 spiro atoms. The van der Waals surface area contributed by atoms with Crippen molar-refractivity contribution in [2.75, 3.05) is 0 Å². The standard InChI is InChI=1S/C12H18O/c1-3-7-10-8-5-6-9-11(10)12(13)4-2/h5-6,8-9,12-13H,3-4,7H2,1-2H3. The third-order valence-electron chi connectivity index (χ3n) is 2.32. The Morgan fingerprint density at radius 3 is 2.54 bits per heavy atom. The molecule has 1 rings (SSSR count). The molecule has 0 aliphatic heterocycles. The van der Waals surface area contributed by atoms with Crippen LogP contribution in [0.5, 0.6) is 0 Å². The first kappa shape index (κ1) is 10.3. The van der Waals surface area contributed by atoms with Crippen molar-refractivity contribution in [1.82, 2.24) is 0 Å². The molecule has 0 radical (unpaired) electrons. The van der Waals surface area contributed by atoms with Crippen molar-refractivity contribution < 1.29 is 5.11 Å². The van der Waals surface area contributed by atoms with Gasteiger partial charge in [-0.05, 0) is 24.0 Å². The van der Waals surface area contributed by atoms with Crippen molar-refractivity contribution >= 4 is 0 Å². The van der Waals surface area contributed by atoms with Crippen LogP contribution in [0, 0.1) is 0 Å². The highest BCUT2D eigenvalue weighted by molar-refractivity contribution is 5.29. The van der Waals surface area contributed by atoms with Crippen LogP contribution in [-0.2, 0) is 6.42 Å². The van der Waals surface area contributed by atoms with E-state index in [9.17, 15) is 5.11 Å². The van der Waals surface area contributed by atoms with Crippen molar-refractivity contribution in [3.63, 3.8) is 0 Å². The average molecular weight is 178 g/mol. The molecule has 1 heteroatoms. The molecule has 0 amide bonds. The van der Waals surface area contributed by atoms with Crippen LogP contribution in [-0.4, -0.2) is 5.11 Å². The fourth-order valence-corrected chi connectivity index (χ4v) is 1.58. The van der Waals surface area contributed by atoms with Crippen LogP contribution in [0.3, 0.4) is 0 Å². The summed E-state index contributed by atoms with van der Waals surface area (Å²) in [4.78, 5) is 0. The van der Waals surface area contributed by atoms with Crippen molar-refractivity contribution in [3.05, 3.63) is 35.4 Å². The van der Waals surface area contributed by atoms with E-state index in [0.717, 1.165) is 24.8 Å². The summed E-state index contributed by atoms with van der Waals surface area (Å²) in [7, 11) is 0. The van der Waals surface area contributed by atoms with E-state index in [1.807, 2.05) is 25.1 Å². The summed E-state index contributed by atoms with van der Waals surface area (Å²) in [5.74, 6) is 0. The second-order valence-electron chi connectivity index (χ2n) is 3.37. The molecule has 1 aromatic carbocycles. The minimum Gasteiger partial charge on any atom is -0.388 e. The number of hydrogen-bond acceptors (Lipinski definition) is 1. The van der Waals surface area contributed by atoms with Gasteiger partial charge in [-0.2, -0.15) is 0 Å². The molecule has 0 heterocycles. The predicted molar refractivity (Wildman–Crippen MR) is 55.7 cm³/mol. The molecule has 0 aliphatic rings. The topological polar surface area (TPSA) is 20.2 Å². The third-order valence-corrected chi connectivity index (χ3v) is 2.32. The van der Waals surface area contributed by atoms with Crippen molar-refractivity contribution in [1.29, 1.82) is 0 Å². The molecule has 1 atom stereocenters. The Bertz CT molecular complexity index is 255. The lowest BCUT2D eigenvalue weighted by molar-refractivity contribution is 0.172. The van der Waals surface area contributed by atoms with Gasteiger partial charge in [0.15, 0.2) is 0 Å². The molecule has 0 fully saturated rings. The van der Waals surface area contributed by atoms with E-state index < -0.39 is 0 Å². The monoisotopic (exact) mass is 178 g/mol. The fraction of sp³-hybridized carbons (Fsp3) is 0.500. The second kappa shape index (κ2) is 5.03. The summed E-state index contributed by atoms with van der Waals surface area (Å²) < 4.78 is 0. The van der Waals surface area contributed by atoms with Crippen LogP contribution >= 0.6 is 0 Å². The first-order valence-electron chi connectivity index (χ1n) is 5.05. The quantitative estimate of drug-likeness (QED) is 0.751. The first-order chi connectivity index (χ1) is 6.29. The molecule has 1 unspecified atom stereocenters. The zero-order valence-electron chi connectivity index (χ0n) is 8.46. The van der Waals surface area contributed by atoms with Gasteiger partial charge in [-0.3, -0.25) is 0 Å². The molecular weight excluding hydrogens is 160 g/mol. The molecule has 13 heavy (non-hydrogen) atoms.